The first-order valence-corrected chi connectivity index (χ1v) is 4.12. The summed E-state index contributed by atoms with van der Waals surface area (Å²) < 4.78 is 5.17. The van der Waals surface area contributed by atoms with Crippen LogP contribution in [-0.4, -0.2) is 50.3 Å². The van der Waals surface area contributed by atoms with Crippen LogP contribution in [0.2, 0.25) is 0 Å². The Bertz CT molecular complexity index is 146. The molecule has 2 amide bonds. The number of carbonyl (C=O) groups excluding carboxylic acids is 1. The number of amides is 2. The monoisotopic (exact) mass is 173 g/mol. The molecule has 70 valence electrons. The summed E-state index contributed by atoms with van der Waals surface area (Å²) >= 11 is 0. The van der Waals surface area contributed by atoms with Gasteiger partial charge >= 0.3 is 6.03 Å². The number of nitrogens with zero attached hydrogens (tertiary/aromatic N) is 1. The zero-order valence-corrected chi connectivity index (χ0v) is 7.08. The van der Waals surface area contributed by atoms with Crippen LogP contribution in [0.4, 0.5) is 4.79 Å². The Morgan fingerprint density at radius 1 is 1.50 bits per heavy atom. The lowest BCUT2D eigenvalue weighted by Gasteiger charge is -2.26. The maximum atomic E-state index is 10.3. The summed E-state index contributed by atoms with van der Waals surface area (Å²) in [4.78, 5) is 12.5. The minimum absolute atomic E-state index is 0.455. The second-order valence-corrected chi connectivity index (χ2v) is 2.75. The van der Waals surface area contributed by atoms with E-state index in [0.29, 0.717) is 6.54 Å². The molecule has 3 N–H and O–H groups in total. The fourth-order valence-electron chi connectivity index (χ4n) is 1.16. The van der Waals surface area contributed by atoms with Crippen LogP contribution in [0.25, 0.3) is 0 Å². The summed E-state index contributed by atoms with van der Waals surface area (Å²) in [7, 11) is 0. The van der Waals surface area contributed by atoms with Crippen LogP contribution >= 0.6 is 0 Å². The Kier molecular flexibility index (Phi) is 3.83. The van der Waals surface area contributed by atoms with Crippen molar-refractivity contribution in [2.75, 3.05) is 39.4 Å². The number of ether oxygens (including phenoxy) is 1. The predicted octanol–water partition coefficient (Wildman–Crippen LogP) is -1.01. The summed E-state index contributed by atoms with van der Waals surface area (Å²) in [6.07, 6.45) is 0. The quantitative estimate of drug-likeness (QED) is 0.574. The number of rotatable bonds is 3. The molecule has 1 saturated heterocycles. The maximum Gasteiger partial charge on any atom is 0.312 e. The Hall–Kier alpha value is -0.810. The van der Waals surface area contributed by atoms with Gasteiger partial charge < -0.3 is 15.8 Å². The van der Waals surface area contributed by atoms with E-state index >= 15 is 0 Å². The van der Waals surface area contributed by atoms with Gasteiger partial charge in [0.15, 0.2) is 0 Å². The van der Waals surface area contributed by atoms with E-state index in [1.807, 2.05) is 0 Å². The van der Waals surface area contributed by atoms with Gasteiger partial charge in [0.05, 0.1) is 13.2 Å². The van der Waals surface area contributed by atoms with Gasteiger partial charge in [-0.1, -0.05) is 0 Å². The number of hydrogen-bond acceptors (Lipinski definition) is 3. The van der Waals surface area contributed by atoms with E-state index in [1.54, 1.807) is 0 Å². The lowest BCUT2D eigenvalue weighted by atomic mass is 10.4. The maximum absolute atomic E-state index is 10.3. The van der Waals surface area contributed by atoms with Gasteiger partial charge in [0.25, 0.3) is 0 Å². The molecule has 0 aromatic heterocycles. The van der Waals surface area contributed by atoms with Crippen molar-refractivity contribution >= 4 is 6.03 Å². The van der Waals surface area contributed by atoms with Crippen molar-refractivity contribution in [3.8, 4) is 0 Å². The highest BCUT2D eigenvalue weighted by Crippen LogP contribution is 1.94. The second kappa shape index (κ2) is 4.95. The third-order valence-corrected chi connectivity index (χ3v) is 1.83. The highest BCUT2D eigenvalue weighted by Gasteiger charge is 2.08. The molecule has 1 aliphatic heterocycles. The van der Waals surface area contributed by atoms with Crippen LogP contribution < -0.4 is 11.1 Å². The Morgan fingerprint density at radius 3 is 2.75 bits per heavy atom. The fourth-order valence-corrected chi connectivity index (χ4v) is 1.16. The van der Waals surface area contributed by atoms with Gasteiger partial charge in [0.2, 0.25) is 0 Å². The molecular formula is C7H15N3O2. The molecule has 0 aromatic carbocycles. The van der Waals surface area contributed by atoms with Crippen molar-refractivity contribution in [3.05, 3.63) is 0 Å². The molecule has 0 bridgehead atoms. The number of nitrogens with two attached hydrogens (primary N) is 1. The molecule has 1 aliphatic rings. The van der Waals surface area contributed by atoms with E-state index in [0.717, 1.165) is 32.8 Å². The van der Waals surface area contributed by atoms with E-state index in [1.165, 1.54) is 0 Å². The van der Waals surface area contributed by atoms with Gasteiger partial charge in [-0.25, -0.2) is 4.79 Å². The number of nitrogens with one attached hydrogen (secondary N) is 1. The van der Waals surface area contributed by atoms with Crippen molar-refractivity contribution in [1.29, 1.82) is 0 Å². The highest BCUT2D eigenvalue weighted by atomic mass is 16.5. The van der Waals surface area contributed by atoms with E-state index in [-0.39, 0.29) is 0 Å². The Morgan fingerprint density at radius 2 is 2.17 bits per heavy atom. The number of hydrogen-bond donors (Lipinski definition) is 2. The van der Waals surface area contributed by atoms with Crippen LogP contribution in [0.15, 0.2) is 0 Å². The molecule has 0 saturated carbocycles. The first-order valence-electron chi connectivity index (χ1n) is 4.12. The average Bonchev–Trinajstić information content (AvgIpc) is 2.05. The molecule has 1 rings (SSSR count). The van der Waals surface area contributed by atoms with Gasteiger partial charge in [0.1, 0.15) is 0 Å². The van der Waals surface area contributed by atoms with Crippen LogP contribution in [-0.2, 0) is 4.74 Å². The molecule has 0 aliphatic carbocycles. The highest BCUT2D eigenvalue weighted by molar-refractivity contribution is 5.71. The zero-order chi connectivity index (χ0) is 8.81. The van der Waals surface area contributed by atoms with Crippen molar-refractivity contribution < 1.29 is 9.53 Å². The van der Waals surface area contributed by atoms with Crippen molar-refractivity contribution in [1.82, 2.24) is 10.2 Å². The molecule has 0 spiro atoms. The summed E-state index contributed by atoms with van der Waals surface area (Å²) in [5.41, 5.74) is 4.91. The topological polar surface area (TPSA) is 67.6 Å². The predicted molar refractivity (Wildman–Crippen MR) is 44.8 cm³/mol. The molecule has 12 heavy (non-hydrogen) atoms. The Balaban J connectivity index is 2.01. The number of primary amides is 1. The normalized spacial score (nSPS) is 19.0. The molecule has 0 atom stereocenters. The fraction of sp³-hybridized carbons (Fsp3) is 0.857. The van der Waals surface area contributed by atoms with Crippen LogP contribution in [0.5, 0.6) is 0 Å². The number of carbonyl (C=O) groups is 1. The minimum atomic E-state index is -0.455. The zero-order valence-electron chi connectivity index (χ0n) is 7.08. The third kappa shape index (κ3) is 3.54. The minimum Gasteiger partial charge on any atom is -0.379 e. The molecule has 5 heteroatoms. The van der Waals surface area contributed by atoms with Crippen molar-refractivity contribution in [2.45, 2.75) is 0 Å². The standard InChI is InChI=1S/C7H15N3O2/c8-7(11)9-1-2-10-3-5-12-6-4-10/h1-6H2,(H3,8,9,11). The van der Waals surface area contributed by atoms with E-state index in [2.05, 4.69) is 10.2 Å². The van der Waals surface area contributed by atoms with E-state index in [4.69, 9.17) is 10.5 Å². The first-order chi connectivity index (χ1) is 5.79. The summed E-state index contributed by atoms with van der Waals surface area (Å²) in [6.45, 7) is 4.94. The molecule has 0 aromatic rings. The van der Waals surface area contributed by atoms with Crippen LogP contribution in [0.3, 0.4) is 0 Å². The van der Waals surface area contributed by atoms with Crippen LogP contribution in [0, 0.1) is 0 Å². The van der Waals surface area contributed by atoms with E-state index in [9.17, 15) is 4.79 Å². The van der Waals surface area contributed by atoms with E-state index < -0.39 is 6.03 Å². The van der Waals surface area contributed by atoms with Gasteiger partial charge in [-0.2, -0.15) is 0 Å². The molecule has 0 unspecified atom stereocenters. The molecule has 1 heterocycles. The molecule has 0 radical (unpaired) electrons. The molecule has 5 nitrogen and oxygen atoms in total. The smallest absolute Gasteiger partial charge is 0.312 e. The largest absolute Gasteiger partial charge is 0.379 e. The SMILES string of the molecule is NC(=O)NCCN1CCOCC1. The second-order valence-electron chi connectivity index (χ2n) is 2.75. The average molecular weight is 173 g/mol. The van der Waals surface area contributed by atoms with Crippen molar-refractivity contribution in [3.63, 3.8) is 0 Å². The Labute approximate surface area is 71.8 Å². The summed E-state index contributed by atoms with van der Waals surface area (Å²) in [6, 6.07) is -0.455. The molecular weight excluding hydrogens is 158 g/mol. The van der Waals surface area contributed by atoms with Gasteiger partial charge in [-0.3, -0.25) is 4.90 Å². The first kappa shape index (κ1) is 9.28. The van der Waals surface area contributed by atoms with Gasteiger partial charge in [-0.05, 0) is 0 Å². The summed E-state index contributed by atoms with van der Waals surface area (Å²) in [5.74, 6) is 0. The summed E-state index contributed by atoms with van der Waals surface area (Å²) in [5, 5.41) is 2.55. The number of urea groups is 1. The lowest BCUT2D eigenvalue weighted by Crippen LogP contribution is -2.42. The molecule has 1 fully saturated rings. The van der Waals surface area contributed by atoms with Gasteiger partial charge in [0, 0.05) is 26.2 Å². The number of morpholine rings is 1. The van der Waals surface area contributed by atoms with Gasteiger partial charge in [-0.15, -0.1) is 0 Å². The van der Waals surface area contributed by atoms with Crippen molar-refractivity contribution in [2.24, 2.45) is 5.73 Å². The van der Waals surface area contributed by atoms with Crippen LogP contribution in [0.1, 0.15) is 0 Å². The third-order valence-electron chi connectivity index (χ3n) is 1.83. The lowest BCUT2D eigenvalue weighted by molar-refractivity contribution is 0.0387.